The number of nitrogens with zero attached hydrogens (tertiary/aromatic N) is 4. The Labute approximate surface area is 213 Å². The normalized spacial score (nSPS) is 21.2. The number of hydrogen-bond acceptors (Lipinski definition) is 10. The van der Waals surface area contributed by atoms with Gasteiger partial charge in [0.1, 0.15) is 23.8 Å². The van der Waals surface area contributed by atoms with Crippen LogP contribution in [0.25, 0.3) is 0 Å². The van der Waals surface area contributed by atoms with Crippen LogP contribution in [0, 0.1) is 12.8 Å². The number of rotatable bonds is 6. The van der Waals surface area contributed by atoms with Crippen LogP contribution in [0.1, 0.15) is 44.9 Å². The van der Waals surface area contributed by atoms with Crippen molar-refractivity contribution in [3.05, 3.63) is 35.9 Å². The zero-order chi connectivity index (χ0) is 25.7. The van der Waals surface area contributed by atoms with Crippen molar-refractivity contribution >= 4 is 17.5 Å². The summed E-state index contributed by atoms with van der Waals surface area (Å²) in [5, 5.41) is 0. The lowest BCUT2D eigenvalue weighted by Crippen LogP contribution is -2.44. The zero-order valence-corrected chi connectivity index (χ0v) is 21.8. The van der Waals surface area contributed by atoms with E-state index in [4.69, 9.17) is 22.6 Å². The van der Waals surface area contributed by atoms with Crippen LogP contribution in [0.15, 0.2) is 24.7 Å². The summed E-state index contributed by atoms with van der Waals surface area (Å²) < 4.78 is 38.7. The van der Waals surface area contributed by atoms with Gasteiger partial charge in [-0.1, -0.05) is 0 Å². The number of ether oxygens (including phenoxy) is 3. The molecule has 2 aromatic heterocycles. The van der Waals surface area contributed by atoms with E-state index in [1.165, 1.54) is 6.33 Å². The Morgan fingerprint density at radius 1 is 1.11 bits per heavy atom. The second kappa shape index (κ2) is 11.5. The second-order valence-electron chi connectivity index (χ2n) is 9.82. The van der Waals surface area contributed by atoms with Gasteiger partial charge in [-0.05, 0) is 46.2 Å². The summed E-state index contributed by atoms with van der Waals surface area (Å²) in [5.41, 5.74) is 1.02. The van der Waals surface area contributed by atoms with Gasteiger partial charge in [0.2, 0.25) is 11.8 Å². The first-order valence-corrected chi connectivity index (χ1v) is 12.9. The summed E-state index contributed by atoms with van der Waals surface area (Å²) in [6.45, 7) is 9.27. The molecule has 0 atom stereocenters. The lowest BCUT2D eigenvalue weighted by Gasteiger charge is -2.33. The second-order valence-corrected chi connectivity index (χ2v) is 10.7. The molecule has 4 rings (SSSR count). The molecule has 0 bridgehead atoms. The Balaban J connectivity index is 1.30. The SMILES string of the molecule is Cc1c(Oc2ccc(CC3COS(=O)OC3)nc2)ncnc1OC1CCN(C(=O)OC(C)(C)C)CC1. The molecule has 4 heterocycles. The number of carbonyl (C=O) groups excluding carboxylic acids is 1. The molecule has 2 aliphatic heterocycles. The van der Waals surface area contributed by atoms with Gasteiger partial charge in [-0.15, -0.1) is 0 Å². The Bertz CT molecular complexity index is 1060. The predicted molar refractivity (Wildman–Crippen MR) is 130 cm³/mol. The molecule has 196 valence electrons. The van der Waals surface area contributed by atoms with Crippen molar-refractivity contribution in [2.24, 2.45) is 5.92 Å². The van der Waals surface area contributed by atoms with E-state index < -0.39 is 17.0 Å². The number of piperidine rings is 1. The fourth-order valence-electron chi connectivity index (χ4n) is 3.78. The molecule has 2 aliphatic rings. The first-order chi connectivity index (χ1) is 17.2. The highest BCUT2D eigenvalue weighted by atomic mass is 32.2. The molecular formula is C24H32N4O7S. The van der Waals surface area contributed by atoms with Crippen LogP contribution < -0.4 is 9.47 Å². The van der Waals surface area contributed by atoms with E-state index in [1.54, 1.807) is 11.1 Å². The van der Waals surface area contributed by atoms with Gasteiger partial charge >= 0.3 is 17.5 Å². The Kier molecular flexibility index (Phi) is 8.37. The summed E-state index contributed by atoms with van der Waals surface area (Å²) in [7, 11) is 0. The van der Waals surface area contributed by atoms with Crippen LogP contribution >= 0.6 is 0 Å². The van der Waals surface area contributed by atoms with Gasteiger partial charge in [-0.25, -0.2) is 14.8 Å². The molecule has 0 unspecified atom stereocenters. The fourth-order valence-corrected chi connectivity index (χ4v) is 4.46. The largest absolute Gasteiger partial charge is 0.474 e. The number of amides is 1. The van der Waals surface area contributed by atoms with Gasteiger partial charge in [0.25, 0.3) is 0 Å². The predicted octanol–water partition coefficient (Wildman–Crippen LogP) is 3.53. The minimum atomic E-state index is -1.64. The highest BCUT2D eigenvalue weighted by molar-refractivity contribution is 7.75. The number of aromatic nitrogens is 3. The summed E-state index contributed by atoms with van der Waals surface area (Å²) in [4.78, 5) is 27.0. The molecular weight excluding hydrogens is 488 g/mol. The topological polar surface area (TPSA) is 122 Å². The third-order valence-electron chi connectivity index (χ3n) is 5.67. The van der Waals surface area contributed by atoms with Gasteiger partial charge in [-0.2, -0.15) is 4.21 Å². The van der Waals surface area contributed by atoms with Crippen LogP contribution in [0.4, 0.5) is 4.79 Å². The van der Waals surface area contributed by atoms with Crippen molar-refractivity contribution < 1.29 is 31.6 Å². The molecule has 0 spiro atoms. The summed E-state index contributed by atoms with van der Waals surface area (Å²) >= 11 is -1.64. The van der Waals surface area contributed by atoms with E-state index in [1.807, 2.05) is 39.8 Å². The maximum absolute atomic E-state index is 12.3. The van der Waals surface area contributed by atoms with Crippen molar-refractivity contribution in [2.75, 3.05) is 26.3 Å². The quantitative estimate of drug-likeness (QED) is 0.559. The van der Waals surface area contributed by atoms with Crippen molar-refractivity contribution in [3.63, 3.8) is 0 Å². The Morgan fingerprint density at radius 2 is 1.81 bits per heavy atom. The van der Waals surface area contributed by atoms with Gasteiger partial charge in [0.15, 0.2) is 0 Å². The third kappa shape index (κ3) is 7.34. The molecule has 2 aromatic rings. The highest BCUT2D eigenvalue weighted by Crippen LogP contribution is 2.29. The van der Waals surface area contributed by atoms with Crippen LogP contribution in [0.2, 0.25) is 0 Å². The summed E-state index contributed by atoms with van der Waals surface area (Å²) in [6, 6.07) is 3.69. The number of pyridine rings is 1. The van der Waals surface area contributed by atoms with E-state index >= 15 is 0 Å². The van der Waals surface area contributed by atoms with Crippen LogP contribution in [0.3, 0.4) is 0 Å². The minimum Gasteiger partial charge on any atom is -0.474 e. The number of likely N-dealkylation sites (tertiary alicyclic amines) is 1. The maximum Gasteiger partial charge on any atom is 0.410 e. The van der Waals surface area contributed by atoms with E-state index in [2.05, 4.69) is 15.0 Å². The number of hydrogen-bond donors (Lipinski definition) is 0. The first kappa shape index (κ1) is 26.2. The van der Waals surface area contributed by atoms with Crippen molar-refractivity contribution in [1.29, 1.82) is 0 Å². The smallest absolute Gasteiger partial charge is 0.410 e. The fraction of sp³-hybridized carbons (Fsp3) is 0.583. The van der Waals surface area contributed by atoms with Crippen LogP contribution in [0.5, 0.6) is 17.5 Å². The lowest BCUT2D eigenvalue weighted by molar-refractivity contribution is 0.0122. The summed E-state index contributed by atoms with van der Waals surface area (Å²) in [5.74, 6) is 1.48. The monoisotopic (exact) mass is 520 g/mol. The Hall–Kier alpha value is -2.83. The molecule has 0 saturated carbocycles. The average molecular weight is 521 g/mol. The van der Waals surface area contributed by atoms with Gasteiger partial charge in [-0.3, -0.25) is 13.4 Å². The number of carbonyl (C=O) groups is 1. The first-order valence-electron chi connectivity index (χ1n) is 11.9. The van der Waals surface area contributed by atoms with E-state index in [-0.39, 0.29) is 18.1 Å². The minimum absolute atomic E-state index is 0.0729. The highest BCUT2D eigenvalue weighted by Gasteiger charge is 2.28. The molecule has 2 fully saturated rings. The van der Waals surface area contributed by atoms with Crippen LogP contribution in [-0.2, 0) is 30.9 Å². The molecule has 1 amide bonds. The standard InChI is InChI=1S/C24H32N4O7S/c1-16-21(33-19-7-9-28(10-8-19)23(29)35-24(2,3)4)26-15-27-22(16)34-20-6-5-18(25-12-20)11-17-13-31-36(30)32-14-17/h5-6,12,15,17,19H,7-11,13-14H2,1-4H3. The zero-order valence-electron chi connectivity index (χ0n) is 21.0. The van der Waals surface area contributed by atoms with E-state index in [9.17, 15) is 9.00 Å². The van der Waals surface area contributed by atoms with Gasteiger partial charge < -0.3 is 19.1 Å². The molecule has 11 nitrogen and oxygen atoms in total. The lowest BCUT2D eigenvalue weighted by atomic mass is 10.1. The van der Waals surface area contributed by atoms with Crippen molar-refractivity contribution in [3.8, 4) is 17.5 Å². The Morgan fingerprint density at radius 3 is 2.44 bits per heavy atom. The molecule has 0 radical (unpaired) electrons. The van der Waals surface area contributed by atoms with E-state index in [0.717, 1.165) is 5.69 Å². The van der Waals surface area contributed by atoms with Gasteiger partial charge in [0.05, 0.1) is 25.0 Å². The maximum atomic E-state index is 12.3. The van der Waals surface area contributed by atoms with Crippen molar-refractivity contribution in [2.45, 2.75) is 58.7 Å². The molecule has 0 aliphatic carbocycles. The molecule has 2 saturated heterocycles. The summed E-state index contributed by atoms with van der Waals surface area (Å²) in [6.07, 6.45) is 4.67. The molecule has 0 N–H and O–H groups in total. The average Bonchev–Trinajstić information content (AvgIpc) is 2.84. The molecule has 12 heteroatoms. The third-order valence-corrected chi connectivity index (χ3v) is 6.33. The van der Waals surface area contributed by atoms with Crippen molar-refractivity contribution in [1.82, 2.24) is 19.9 Å². The molecule has 36 heavy (non-hydrogen) atoms. The van der Waals surface area contributed by atoms with Gasteiger partial charge in [0, 0.05) is 37.5 Å². The van der Waals surface area contributed by atoms with Crippen LogP contribution in [-0.4, -0.2) is 68.2 Å². The van der Waals surface area contributed by atoms with E-state index in [0.29, 0.717) is 68.6 Å². The molecule has 0 aromatic carbocycles.